The zero-order valence-corrected chi connectivity index (χ0v) is 12.5. The van der Waals surface area contributed by atoms with E-state index in [9.17, 15) is 23.5 Å². The lowest BCUT2D eigenvalue weighted by Crippen LogP contribution is -2.57. The van der Waals surface area contributed by atoms with Crippen molar-refractivity contribution in [1.82, 2.24) is 5.32 Å². The van der Waals surface area contributed by atoms with Gasteiger partial charge in [0.25, 0.3) is 0 Å². The number of carboxylic acid groups (broad SMARTS) is 1. The molecule has 0 heterocycles. The van der Waals surface area contributed by atoms with E-state index in [-0.39, 0.29) is 12.0 Å². The number of halogens is 2. The Morgan fingerprint density at radius 1 is 1.19 bits per heavy atom. The first-order valence-corrected chi connectivity index (χ1v) is 6.45. The van der Waals surface area contributed by atoms with Crippen LogP contribution in [0.3, 0.4) is 0 Å². The second-order valence-corrected chi connectivity index (χ2v) is 6.02. The lowest BCUT2D eigenvalue weighted by Gasteiger charge is -2.38. The number of carbonyl (C=O) groups is 2. The molecule has 6 heteroatoms. The Balaban J connectivity index is 2.84. The van der Waals surface area contributed by atoms with Crippen LogP contribution in [0.4, 0.5) is 8.78 Å². The SMILES string of the molecule is CC(C)(NC(=O)Cc1ccc(F)cc1F)C(C)(C)C(=O)O. The molecule has 21 heavy (non-hydrogen) atoms. The van der Waals surface area contributed by atoms with Crippen molar-refractivity contribution in [3.05, 3.63) is 35.4 Å². The Morgan fingerprint density at radius 3 is 2.24 bits per heavy atom. The van der Waals surface area contributed by atoms with Crippen molar-refractivity contribution < 1.29 is 23.5 Å². The van der Waals surface area contributed by atoms with Gasteiger partial charge < -0.3 is 10.4 Å². The third-order valence-corrected chi connectivity index (χ3v) is 3.92. The second-order valence-electron chi connectivity index (χ2n) is 6.02. The average Bonchev–Trinajstić information content (AvgIpc) is 2.31. The quantitative estimate of drug-likeness (QED) is 0.878. The molecule has 0 saturated heterocycles. The molecule has 0 atom stereocenters. The van der Waals surface area contributed by atoms with E-state index in [4.69, 9.17) is 0 Å². The molecule has 0 unspecified atom stereocenters. The Morgan fingerprint density at radius 2 is 1.76 bits per heavy atom. The van der Waals surface area contributed by atoms with Crippen LogP contribution >= 0.6 is 0 Å². The fraction of sp³-hybridized carbons (Fsp3) is 0.467. The fourth-order valence-corrected chi connectivity index (χ4v) is 1.65. The third kappa shape index (κ3) is 3.77. The highest BCUT2D eigenvalue weighted by molar-refractivity contribution is 5.82. The Kier molecular flexibility index (Phi) is 4.71. The number of aliphatic carboxylic acids is 1. The van der Waals surface area contributed by atoms with Crippen LogP contribution in [0.25, 0.3) is 0 Å². The van der Waals surface area contributed by atoms with Gasteiger partial charge in [0, 0.05) is 11.6 Å². The van der Waals surface area contributed by atoms with Gasteiger partial charge >= 0.3 is 5.97 Å². The van der Waals surface area contributed by atoms with E-state index in [2.05, 4.69) is 5.32 Å². The highest BCUT2D eigenvalue weighted by atomic mass is 19.1. The van der Waals surface area contributed by atoms with Crippen molar-refractivity contribution >= 4 is 11.9 Å². The summed E-state index contributed by atoms with van der Waals surface area (Å²) in [6.45, 7) is 6.16. The van der Waals surface area contributed by atoms with Crippen molar-refractivity contribution in [2.24, 2.45) is 5.41 Å². The molecule has 0 aliphatic carbocycles. The minimum Gasteiger partial charge on any atom is -0.481 e. The Labute approximate surface area is 122 Å². The van der Waals surface area contributed by atoms with Crippen molar-refractivity contribution in [3.8, 4) is 0 Å². The van der Waals surface area contributed by atoms with Crippen LogP contribution in [0.5, 0.6) is 0 Å². The number of carboxylic acids is 1. The molecular formula is C15H19F2NO3. The first-order valence-electron chi connectivity index (χ1n) is 6.45. The topological polar surface area (TPSA) is 66.4 Å². The van der Waals surface area contributed by atoms with E-state index < -0.39 is 34.5 Å². The van der Waals surface area contributed by atoms with Gasteiger partial charge in [0.05, 0.1) is 11.8 Å². The zero-order chi connectivity index (χ0) is 16.4. The predicted molar refractivity (Wildman–Crippen MR) is 73.7 cm³/mol. The number of nitrogens with one attached hydrogen (secondary N) is 1. The van der Waals surface area contributed by atoms with Crippen LogP contribution in [0.2, 0.25) is 0 Å². The second kappa shape index (κ2) is 5.79. The molecule has 0 aliphatic heterocycles. The minimum absolute atomic E-state index is 0.0535. The summed E-state index contributed by atoms with van der Waals surface area (Å²) in [6.07, 6.45) is -0.286. The number of carbonyl (C=O) groups excluding carboxylic acids is 1. The van der Waals surface area contributed by atoms with Crippen LogP contribution in [0.15, 0.2) is 18.2 Å². The number of hydrogen-bond acceptors (Lipinski definition) is 2. The molecule has 0 bridgehead atoms. The van der Waals surface area contributed by atoms with E-state index in [0.717, 1.165) is 6.07 Å². The summed E-state index contributed by atoms with van der Waals surface area (Å²) in [5, 5.41) is 11.8. The van der Waals surface area contributed by atoms with Crippen LogP contribution in [0, 0.1) is 17.0 Å². The van der Waals surface area contributed by atoms with Gasteiger partial charge in [0.1, 0.15) is 11.6 Å². The molecule has 116 valence electrons. The minimum atomic E-state index is -1.20. The lowest BCUT2D eigenvalue weighted by molar-refractivity contribution is -0.151. The van der Waals surface area contributed by atoms with Gasteiger partial charge in [-0.1, -0.05) is 6.07 Å². The van der Waals surface area contributed by atoms with Crippen molar-refractivity contribution in [1.29, 1.82) is 0 Å². The Hall–Kier alpha value is -1.98. The van der Waals surface area contributed by atoms with Gasteiger partial charge in [0.2, 0.25) is 5.91 Å². The number of benzene rings is 1. The molecule has 0 fully saturated rings. The summed E-state index contributed by atoms with van der Waals surface area (Å²) >= 11 is 0. The molecular weight excluding hydrogens is 280 g/mol. The molecule has 0 saturated carbocycles. The average molecular weight is 299 g/mol. The zero-order valence-electron chi connectivity index (χ0n) is 12.5. The van der Waals surface area contributed by atoms with Crippen molar-refractivity contribution in [3.63, 3.8) is 0 Å². The van der Waals surface area contributed by atoms with Gasteiger partial charge in [-0.2, -0.15) is 0 Å². The lowest BCUT2D eigenvalue weighted by atomic mass is 9.74. The molecule has 0 spiro atoms. The molecule has 0 radical (unpaired) electrons. The van der Waals surface area contributed by atoms with Crippen LogP contribution in [0.1, 0.15) is 33.3 Å². The standard InChI is InChI=1S/C15H19F2NO3/c1-14(2,13(20)21)15(3,4)18-12(19)7-9-5-6-10(16)8-11(9)17/h5-6,8H,7H2,1-4H3,(H,18,19)(H,20,21). The van der Waals surface area contributed by atoms with Gasteiger partial charge in [-0.25, -0.2) is 8.78 Å². The summed E-state index contributed by atoms with van der Waals surface area (Å²) < 4.78 is 26.3. The molecule has 1 amide bonds. The van der Waals surface area contributed by atoms with E-state index in [1.807, 2.05) is 0 Å². The maximum absolute atomic E-state index is 13.5. The molecule has 0 aliphatic rings. The van der Waals surface area contributed by atoms with Gasteiger partial charge in [-0.3, -0.25) is 9.59 Å². The van der Waals surface area contributed by atoms with E-state index in [0.29, 0.717) is 6.07 Å². The molecule has 4 nitrogen and oxygen atoms in total. The van der Waals surface area contributed by atoms with Crippen LogP contribution in [-0.2, 0) is 16.0 Å². The van der Waals surface area contributed by atoms with E-state index in [1.54, 1.807) is 13.8 Å². The maximum atomic E-state index is 13.5. The highest BCUT2D eigenvalue weighted by Gasteiger charge is 2.44. The summed E-state index contributed by atoms with van der Waals surface area (Å²) in [5.41, 5.74) is -2.19. The van der Waals surface area contributed by atoms with Gasteiger partial charge in [-0.05, 0) is 39.3 Å². The molecule has 2 N–H and O–H groups in total. The highest BCUT2D eigenvalue weighted by Crippen LogP contribution is 2.30. The molecule has 1 aromatic carbocycles. The largest absolute Gasteiger partial charge is 0.481 e. The third-order valence-electron chi connectivity index (χ3n) is 3.92. The number of amides is 1. The number of rotatable bonds is 5. The first kappa shape index (κ1) is 17.1. The molecule has 1 rings (SSSR count). The Bertz CT molecular complexity index is 568. The van der Waals surface area contributed by atoms with E-state index in [1.165, 1.54) is 19.9 Å². The van der Waals surface area contributed by atoms with Crippen LogP contribution < -0.4 is 5.32 Å². The summed E-state index contributed by atoms with van der Waals surface area (Å²) in [6, 6.07) is 2.96. The van der Waals surface area contributed by atoms with Crippen LogP contribution in [-0.4, -0.2) is 22.5 Å². The van der Waals surface area contributed by atoms with Gasteiger partial charge in [0.15, 0.2) is 0 Å². The summed E-state index contributed by atoms with van der Waals surface area (Å²) in [5.74, 6) is -3.11. The fourth-order valence-electron chi connectivity index (χ4n) is 1.65. The molecule has 0 aromatic heterocycles. The smallest absolute Gasteiger partial charge is 0.311 e. The maximum Gasteiger partial charge on any atom is 0.311 e. The van der Waals surface area contributed by atoms with Gasteiger partial charge in [-0.15, -0.1) is 0 Å². The number of hydrogen-bond donors (Lipinski definition) is 2. The summed E-state index contributed by atoms with van der Waals surface area (Å²) in [4.78, 5) is 23.2. The first-order chi connectivity index (χ1) is 9.47. The normalized spacial score (nSPS) is 12.1. The monoisotopic (exact) mass is 299 g/mol. The molecule has 1 aromatic rings. The predicted octanol–water partition coefficient (Wildman–Crippen LogP) is 2.51. The summed E-state index contributed by atoms with van der Waals surface area (Å²) in [7, 11) is 0. The van der Waals surface area contributed by atoms with Crippen molar-refractivity contribution in [2.45, 2.75) is 39.7 Å². The van der Waals surface area contributed by atoms with Crippen molar-refractivity contribution in [2.75, 3.05) is 0 Å². The van der Waals surface area contributed by atoms with E-state index >= 15 is 0 Å².